The minimum atomic E-state index is 0.914. The first-order valence-corrected chi connectivity index (χ1v) is 5.00. The van der Waals surface area contributed by atoms with Crippen molar-refractivity contribution in [2.24, 2.45) is 0 Å². The minimum absolute atomic E-state index is 0.914. The number of rotatable bonds is 3. The van der Waals surface area contributed by atoms with Gasteiger partial charge in [-0.2, -0.15) is 0 Å². The first-order chi connectivity index (χ1) is 6.72. The molecule has 1 rings (SSSR count). The molecule has 0 radical (unpaired) electrons. The minimum Gasteiger partial charge on any atom is -0.497 e. The summed E-state index contributed by atoms with van der Waals surface area (Å²) in [5.41, 5.74) is 1.31. The van der Waals surface area contributed by atoms with Gasteiger partial charge in [0.15, 0.2) is 0 Å². The quantitative estimate of drug-likeness (QED) is 0.735. The third-order valence-corrected chi connectivity index (χ3v) is 1.66. The summed E-state index contributed by atoms with van der Waals surface area (Å²) >= 11 is 0. The van der Waals surface area contributed by atoms with Crippen molar-refractivity contribution in [3.63, 3.8) is 0 Å². The molecule has 0 saturated carbocycles. The van der Waals surface area contributed by atoms with Gasteiger partial charge in [-0.05, 0) is 31.8 Å². The van der Waals surface area contributed by atoms with Crippen LogP contribution in [0.3, 0.4) is 0 Å². The Morgan fingerprint density at radius 3 is 1.93 bits per heavy atom. The molecule has 0 spiro atoms. The lowest BCUT2D eigenvalue weighted by Crippen LogP contribution is -2.10. The Bertz CT molecular complexity index is 229. The van der Waals surface area contributed by atoms with Gasteiger partial charge in [0.2, 0.25) is 0 Å². The van der Waals surface area contributed by atoms with E-state index in [1.165, 1.54) is 5.56 Å². The predicted molar refractivity (Wildman–Crippen MR) is 61.7 cm³/mol. The van der Waals surface area contributed by atoms with E-state index in [1.54, 1.807) is 7.11 Å². The van der Waals surface area contributed by atoms with E-state index in [2.05, 4.69) is 31.1 Å². The monoisotopic (exact) mass is 195 g/mol. The highest BCUT2D eigenvalue weighted by atomic mass is 16.5. The fourth-order valence-corrected chi connectivity index (χ4v) is 1.10. The van der Waals surface area contributed by atoms with Gasteiger partial charge in [-0.15, -0.1) is 0 Å². The maximum atomic E-state index is 5.06. The average Bonchev–Trinajstić information content (AvgIpc) is 2.21. The van der Waals surface area contributed by atoms with Crippen LogP contribution >= 0.6 is 0 Å². The van der Waals surface area contributed by atoms with Gasteiger partial charge in [0.25, 0.3) is 0 Å². The van der Waals surface area contributed by atoms with Crippen LogP contribution < -0.4 is 4.74 Å². The molecular weight excluding hydrogens is 174 g/mol. The normalized spacial score (nSPS) is 9.29. The van der Waals surface area contributed by atoms with Crippen LogP contribution in [0.15, 0.2) is 24.3 Å². The second-order valence-corrected chi connectivity index (χ2v) is 3.09. The van der Waals surface area contributed by atoms with Crippen LogP contribution in [0, 0.1) is 0 Å². The summed E-state index contributed by atoms with van der Waals surface area (Å²) in [6.45, 7) is 4.98. The van der Waals surface area contributed by atoms with Crippen LogP contribution in [0.2, 0.25) is 0 Å². The van der Waals surface area contributed by atoms with E-state index >= 15 is 0 Å². The molecular formula is C12H21NO. The van der Waals surface area contributed by atoms with Gasteiger partial charge in [0.05, 0.1) is 7.11 Å². The summed E-state index contributed by atoms with van der Waals surface area (Å²) < 4.78 is 5.06. The highest BCUT2D eigenvalue weighted by Crippen LogP contribution is 2.11. The van der Waals surface area contributed by atoms with Crippen molar-refractivity contribution in [2.45, 2.75) is 20.4 Å². The van der Waals surface area contributed by atoms with Crippen molar-refractivity contribution >= 4 is 0 Å². The van der Waals surface area contributed by atoms with Crippen LogP contribution in [0.5, 0.6) is 5.75 Å². The van der Waals surface area contributed by atoms with Crippen molar-refractivity contribution in [1.29, 1.82) is 0 Å². The van der Waals surface area contributed by atoms with Crippen molar-refractivity contribution in [1.82, 2.24) is 4.90 Å². The van der Waals surface area contributed by atoms with Crippen molar-refractivity contribution in [3.05, 3.63) is 29.8 Å². The van der Waals surface area contributed by atoms with E-state index in [0.717, 1.165) is 12.3 Å². The van der Waals surface area contributed by atoms with Crippen LogP contribution in [0.4, 0.5) is 0 Å². The van der Waals surface area contributed by atoms with Gasteiger partial charge >= 0.3 is 0 Å². The standard InChI is InChI=1S/C10H15NO.C2H6/c1-11(2)8-9-4-6-10(12-3)7-5-9;1-2/h4-7H,8H2,1-3H3;1-2H3. The zero-order chi connectivity index (χ0) is 11.0. The number of hydrogen-bond acceptors (Lipinski definition) is 2. The number of hydrogen-bond donors (Lipinski definition) is 0. The largest absolute Gasteiger partial charge is 0.497 e. The Hall–Kier alpha value is -1.02. The molecule has 0 aliphatic carbocycles. The van der Waals surface area contributed by atoms with Crippen LogP contribution in [-0.2, 0) is 6.54 Å². The van der Waals surface area contributed by atoms with E-state index in [1.807, 2.05) is 26.0 Å². The van der Waals surface area contributed by atoms with E-state index in [-0.39, 0.29) is 0 Å². The maximum Gasteiger partial charge on any atom is 0.118 e. The summed E-state index contributed by atoms with van der Waals surface area (Å²) in [6, 6.07) is 8.13. The molecule has 0 aliphatic heterocycles. The summed E-state index contributed by atoms with van der Waals surface area (Å²) in [4.78, 5) is 2.14. The van der Waals surface area contributed by atoms with Crippen molar-refractivity contribution < 1.29 is 4.74 Å². The summed E-state index contributed by atoms with van der Waals surface area (Å²) in [5, 5.41) is 0. The molecule has 0 heterocycles. The van der Waals surface area contributed by atoms with Gasteiger partial charge in [-0.3, -0.25) is 0 Å². The summed E-state index contributed by atoms with van der Waals surface area (Å²) in [6.07, 6.45) is 0. The van der Waals surface area contributed by atoms with E-state index in [4.69, 9.17) is 4.74 Å². The topological polar surface area (TPSA) is 12.5 Å². The van der Waals surface area contributed by atoms with Gasteiger partial charge in [-0.1, -0.05) is 26.0 Å². The zero-order valence-electron chi connectivity index (χ0n) is 9.87. The van der Waals surface area contributed by atoms with E-state index < -0.39 is 0 Å². The molecule has 1 aromatic rings. The highest BCUT2D eigenvalue weighted by molar-refractivity contribution is 5.26. The van der Waals surface area contributed by atoms with Crippen LogP contribution in [0.1, 0.15) is 19.4 Å². The van der Waals surface area contributed by atoms with E-state index in [9.17, 15) is 0 Å². The van der Waals surface area contributed by atoms with Crippen LogP contribution in [-0.4, -0.2) is 26.1 Å². The maximum absolute atomic E-state index is 5.06. The fraction of sp³-hybridized carbons (Fsp3) is 0.500. The van der Waals surface area contributed by atoms with Crippen molar-refractivity contribution in [2.75, 3.05) is 21.2 Å². The average molecular weight is 195 g/mol. The molecule has 0 atom stereocenters. The lowest BCUT2D eigenvalue weighted by molar-refractivity contribution is 0.399. The number of ether oxygens (including phenoxy) is 1. The molecule has 0 bridgehead atoms. The molecule has 14 heavy (non-hydrogen) atoms. The summed E-state index contributed by atoms with van der Waals surface area (Å²) in [5.74, 6) is 0.914. The molecule has 0 amide bonds. The Morgan fingerprint density at radius 2 is 1.57 bits per heavy atom. The Labute approximate surface area is 87.5 Å². The molecule has 1 aromatic carbocycles. The number of nitrogens with zero attached hydrogens (tertiary/aromatic N) is 1. The Balaban J connectivity index is 0.000000791. The third-order valence-electron chi connectivity index (χ3n) is 1.66. The molecule has 0 aromatic heterocycles. The van der Waals surface area contributed by atoms with Gasteiger partial charge < -0.3 is 9.64 Å². The first-order valence-electron chi connectivity index (χ1n) is 5.00. The number of benzene rings is 1. The van der Waals surface area contributed by atoms with Gasteiger partial charge in [0, 0.05) is 6.54 Å². The molecule has 0 fully saturated rings. The van der Waals surface area contributed by atoms with Gasteiger partial charge in [0.1, 0.15) is 5.75 Å². The Kier molecular flexibility index (Phi) is 6.85. The Morgan fingerprint density at radius 1 is 1.07 bits per heavy atom. The smallest absolute Gasteiger partial charge is 0.118 e. The molecule has 80 valence electrons. The van der Waals surface area contributed by atoms with Crippen LogP contribution in [0.25, 0.3) is 0 Å². The number of methoxy groups -OCH3 is 1. The molecule has 2 heteroatoms. The molecule has 0 saturated heterocycles. The molecule has 0 aliphatic rings. The first kappa shape index (κ1) is 13.0. The molecule has 0 unspecified atom stereocenters. The highest BCUT2D eigenvalue weighted by Gasteiger charge is 1.94. The lowest BCUT2D eigenvalue weighted by atomic mass is 10.2. The summed E-state index contributed by atoms with van der Waals surface area (Å²) in [7, 11) is 5.80. The second-order valence-electron chi connectivity index (χ2n) is 3.09. The lowest BCUT2D eigenvalue weighted by Gasteiger charge is -2.09. The predicted octanol–water partition coefficient (Wildman–Crippen LogP) is 2.78. The third kappa shape index (κ3) is 4.87. The zero-order valence-corrected chi connectivity index (χ0v) is 9.87. The van der Waals surface area contributed by atoms with Gasteiger partial charge in [-0.25, -0.2) is 0 Å². The second kappa shape index (κ2) is 7.39. The molecule has 0 N–H and O–H groups in total. The molecule has 2 nitrogen and oxygen atoms in total. The fourth-order valence-electron chi connectivity index (χ4n) is 1.10. The van der Waals surface area contributed by atoms with Crippen molar-refractivity contribution in [3.8, 4) is 5.75 Å². The van der Waals surface area contributed by atoms with E-state index in [0.29, 0.717) is 0 Å². The SMILES string of the molecule is CC.COc1ccc(CN(C)C)cc1.